The molecule has 1 fully saturated rings. The van der Waals surface area contributed by atoms with E-state index in [-0.39, 0.29) is 36.5 Å². The molecule has 13 heteroatoms. The molecule has 0 spiro atoms. The molecule has 1 aliphatic rings. The first kappa shape index (κ1) is 36.3. The minimum absolute atomic E-state index is 0. The molecule has 2 amide bonds. The molecule has 0 aliphatic heterocycles. The van der Waals surface area contributed by atoms with Gasteiger partial charge in [0.05, 0.1) is 6.61 Å². The van der Waals surface area contributed by atoms with E-state index in [1.807, 2.05) is 50.5 Å². The molecule has 0 saturated heterocycles. The van der Waals surface area contributed by atoms with Crippen molar-refractivity contribution in [1.82, 2.24) is 20.0 Å². The number of anilines is 1. The first-order chi connectivity index (χ1) is 22.7. The van der Waals surface area contributed by atoms with Crippen LogP contribution < -0.4 is 26.9 Å². The molecular formula is C35H44ClN7O5. The van der Waals surface area contributed by atoms with Gasteiger partial charge in [0.15, 0.2) is 5.82 Å². The van der Waals surface area contributed by atoms with E-state index in [0.717, 1.165) is 42.5 Å². The number of pyridine rings is 1. The van der Waals surface area contributed by atoms with E-state index in [9.17, 15) is 14.4 Å². The second kappa shape index (κ2) is 17.0. The summed E-state index contributed by atoms with van der Waals surface area (Å²) in [6.45, 7) is 2.14. The summed E-state index contributed by atoms with van der Waals surface area (Å²) in [5, 5.41) is 3.74. The van der Waals surface area contributed by atoms with E-state index in [1.165, 1.54) is 0 Å². The van der Waals surface area contributed by atoms with E-state index >= 15 is 0 Å². The topological polar surface area (TPSA) is 174 Å². The Morgan fingerprint density at radius 1 is 0.979 bits per heavy atom. The second-order valence-corrected chi connectivity index (χ2v) is 12.4. The zero-order valence-corrected chi connectivity index (χ0v) is 28.2. The number of hydrogen-bond donors (Lipinski definition) is 3. The first-order valence-corrected chi connectivity index (χ1v) is 16.0. The lowest BCUT2D eigenvalue weighted by molar-refractivity contribution is -0.127. The minimum Gasteiger partial charge on any atom is -0.478 e. The number of halogens is 1. The molecule has 2 heterocycles. The summed E-state index contributed by atoms with van der Waals surface area (Å²) in [5.74, 6) is -0.412. The summed E-state index contributed by atoms with van der Waals surface area (Å²) >= 11 is 0. The average molecular weight is 678 g/mol. The number of carbonyl (C=O) groups is 2. The third-order valence-corrected chi connectivity index (χ3v) is 8.72. The van der Waals surface area contributed by atoms with Crippen molar-refractivity contribution in [2.24, 2.45) is 23.3 Å². The van der Waals surface area contributed by atoms with Crippen molar-refractivity contribution in [3.63, 3.8) is 0 Å². The lowest BCUT2D eigenvalue weighted by Gasteiger charge is -2.35. The molecule has 1 saturated carbocycles. The molecule has 5 rings (SSSR count). The van der Waals surface area contributed by atoms with Crippen molar-refractivity contribution in [1.29, 1.82) is 0 Å². The predicted molar refractivity (Wildman–Crippen MR) is 187 cm³/mol. The number of nitrogens with one attached hydrogen (secondary N) is 1. The monoisotopic (exact) mass is 677 g/mol. The van der Waals surface area contributed by atoms with Crippen LogP contribution in [0.5, 0.6) is 5.88 Å². The Labute approximate surface area is 286 Å². The average Bonchev–Trinajstić information content (AvgIpc) is 3.53. The Hall–Kier alpha value is -4.52. The maximum Gasteiger partial charge on any atom is 0.439 e. The van der Waals surface area contributed by atoms with Crippen LogP contribution in [0.2, 0.25) is 0 Å². The molecule has 5 N–H and O–H groups in total. The molecule has 0 radical (unpaired) electrons. The van der Waals surface area contributed by atoms with Gasteiger partial charge in [-0.3, -0.25) is 24.0 Å². The van der Waals surface area contributed by atoms with Gasteiger partial charge in [-0.2, -0.15) is 0 Å². The predicted octanol–water partition coefficient (Wildman–Crippen LogP) is 4.04. The van der Waals surface area contributed by atoms with Crippen LogP contribution in [0.1, 0.15) is 37.7 Å². The molecule has 12 nitrogen and oxygen atoms in total. The number of rotatable bonds is 14. The Bertz CT molecular complexity index is 1670. The third kappa shape index (κ3) is 9.30. The van der Waals surface area contributed by atoms with Crippen LogP contribution >= 0.6 is 12.4 Å². The Balaban J connectivity index is 0.00000520. The number of ether oxygens (including phenoxy) is 1. The molecule has 0 unspecified atom stereocenters. The van der Waals surface area contributed by atoms with Crippen LogP contribution in [0.3, 0.4) is 0 Å². The van der Waals surface area contributed by atoms with Crippen LogP contribution in [-0.2, 0) is 16.0 Å². The van der Waals surface area contributed by atoms with Crippen molar-refractivity contribution in [3.05, 3.63) is 83.0 Å². The van der Waals surface area contributed by atoms with Gasteiger partial charge in [0, 0.05) is 48.0 Å². The summed E-state index contributed by atoms with van der Waals surface area (Å²) in [6.07, 6.45) is 6.04. The Morgan fingerprint density at radius 2 is 1.65 bits per heavy atom. The summed E-state index contributed by atoms with van der Waals surface area (Å²) in [4.78, 5) is 49.3. The maximum absolute atomic E-state index is 14.2. The fraction of sp³-hybridized carbons (Fsp3) is 0.400. The maximum atomic E-state index is 14.2. The second-order valence-electron chi connectivity index (χ2n) is 12.4. The minimum atomic E-state index is -0.927. The summed E-state index contributed by atoms with van der Waals surface area (Å²) in [7, 11) is 4.06. The zero-order chi connectivity index (χ0) is 33.3. The van der Waals surface area contributed by atoms with Crippen molar-refractivity contribution in [3.8, 4) is 28.4 Å². The van der Waals surface area contributed by atoms with Gasteiger partial charge in [0.25, 0.3) is 0 Å². The Kier molecular flexibility index (Phi) is 12.9. The highest BCUT2D eigenvalue weighted by Crippen LogP contribution is 2.33. The fourth-order valence-electron chi connectivity index (χ4n) is 6.01. The molecule has 4 aromatic rings. The van der Waals surface area contributed by atoms with E-state index in [2.05, 4.69) is 24.5 Å². The molecule has 1 aliphatic carbocycles. The number of nitrogens with zero attached hydrogens (tertiary/aromatic N) is 4. The molecule has 1 atom stereocenters. The summed E-state index contributed by atoms with van der Waals surface area (Å²) in [5.41, 5.74) is 15.8. The van der Waals surface area contributed by atoms with Gasteiger partial charge in [-0.15, -0.1) is 12.4 Å². The number of hydrogen-bond acceptors (Lipinski definition) is 9. The number of amides is 2. The van der Waals surface area contributed by atoms with E-state index in [0.29, 0.717) is 49.0 Å². The van der Waals surface area contributed by atoms with Gasteiger partial charge in [-0.25, -0.2) is 9.78 Å². The largest absolute Gasteiger partial charge is 0.478 e. The highest BCUT2D eigenvalue weighted by Gasteiger charge is 2.36. The van der Waals surface area contributed by atoms with Gasteiger partial charge < -0.3 is 21.1 Å². The molecule has 2 aromatic carbocycles. The van der Waals surface area contributed by atoms with Gasteiger partial charge >= 0.3 is 5.76 Å². The van der Waals surface area contributed by atoms with Crippen LogP contribution in [-0.4, -0.2) is 71.7 Å². The van der Waals surface area contributed by atoms with Crippen LogP contribution in [0, 0.1) is 11.8 Å². The number of aromatic nitrogens is 3. The first-order valence-electron chi connectivity index (χ1n) is 16.0. The highest BCUT2D eigenvalue weighted by molar-refractivity contribution is 6.01. The van der Waals surface area contributed by atoms with Gasteiger partial charge in [0.2, 0.25) is 17.7 Å². The quantitative estimate of drug-likeness (QED) is 0.166. The van der Waals surface area contributed by atoms with Crippen molar-refractivity contribution >= 4 is 29.9 Å². The highest BCUT2D eigenvalue weighted by atomic mass is 35.5. The summed E-state index contributed by atoms with van der Waals surface area (Å²) in [6, 6.07) is 17.6. The van der Waals surface area contributed by atoms with Crippen molar-refractivity contribution in [2.75, 3.05) is 38.7 Å². The van der Waals surface area contributed by atoms with E-state index in [4.69, 9.17) is 16.2 Å². The normalized spacial score (nSPS) is 16.6. The van der Waals surface area contributed by atoms with Crippen LogP contribution in [0.4, 0.5) is 5.69 Å². The van der Waals surface area contributed by atoms with Crippen LogP contribution in [0.15, 0.2) is 76.2 Å². The van der Waals surface area contributed by atoms with Crippen LogP contribution in [0.25, 0.3) is 22.5 Å². The molecule has 48 heavy (non-hydrogen) atoms. The number of nitrogens with two attached hydrogens (primary N) is 2. The van der Waals surface area contributed by atoms with Gasteiger partial charge in [-0.1, -0.05) is 29.4 Å². The van der Waals surface area contributed by atoms with Gasteiger partial charge in [0.1, 0.15) is 6.04 Å². The lowest BCUT2D eigenvalue weighted by atomic mass is 9.81. The number of aromatic amines is 1. The SMILES string of the molecule is CN(C)CCCOc1ccc(-c2ccc(C[C@@H](C(N)=O)N(C(=O)C3CCC(CN)CC3)c3ccc(-c4noc(=O)[nH]4)cc3)cc2)cn1.Cl. The summed E-state index contributed by atoms with van der Waals surface area (Å²) < 4.78 is 10.4. The number of carbonyl (C=O) groups excluding carboxylic acids is 2. The molecular weight excluding hydrogens is 634 g/mol. The molecule has 256 valence electrons. The molecule has 2 aromatic heterocycles. The Morgan fingerprint density at radius 3 is 2.21 bits per heavy atom. The molecule has 0 bridgehead atoms. The fourth-order valence-corrected chi connectivity index (χ4v) is 6.01. The zero-order valence-electron chi connectivity index (χ0n) is 27.3. The smallest absolute Gasteiger partial charge is 0.439 e. The van der Waals surface area contributed by atoms with E-state index < -0.39 is 17.7 Å². The van der Waals surface area contributed by atoms with Crippen molar-refractivity contribution < 1.29 is 18.8 Å². The number of H-pyrrole nitrogens is 1. The van der Waals surface area contributed by atoms with Crippen molar-refractivity contribution in [2.45, 2.75) is 44.6 Å². The number of primary amides is 1. The lowest BCUT2D eigenvalue weighted by Crippen LogP contribution is -2.52. The van der Waals surface area contributed by atoms with Gasteiger partial charge in [-0.05, 0) is 100 Å². The number of benzene rings is 2. The van der Waals surface area contributed by atoms with E-state index in [1.54, 1.807) is 35.4 Å². The third-order valence-electron chi connectivity index (χ3n) is 8.72. The standard InChI is InChI=1S/C35H43N7O5.ClH/c1-41(2)18-3-19-46-31-17-14-28(22-38-31)25-8-4-23(5-9-25)20-30(32(37)43)42(34(44)27-10-6-24(21-36)7-11-27)29-15-12-26(13-16-29)33-39-35(45)47-40-33;/h4-5,8-9,12-17,22,24,27,30H,3,6-7,10-11,18-21,36H2,1-2H3,(H2,37,43)(H,39,40,45);1H/t24?,27?,30-;/m0./s1.